The molecule has 0 aliphatic heterocycles. The number of hydrogen-bond donors (Lipinski definition) is 2. The Balaban J connectivity index is 1.65. The predicted octanol–water partition coefficient (Wildman–Crippen LogP) is 2.49. The smallest absolute Gasteiger partial charge is 0.223 e. The zero-order chi connectivity index (χ0) is 15.8. The summed E-state index contributed by atoms with van der Waals surface area (Å²) in [6.45, 7) is 1.52. The van der Waals surface area contributed by atoms with Crippen LogP contribution in [0.4, 0.5) is 0 Å². The fourth-order valence-corrected chi connectivity index (χ4v) is 3.12. The maximum atomic E-state index is 11.9. The second-order valence-corrected chi connectivity index (χ2v) is 6.25. The van der Waals surface area contributed by atoms with Crippen molar-refractivity contribution in [3.8, 4) is 0 Å². The molecule has 1 unspecified atom stereocenters. The summed E-state index contributed by atoms with van der Waals surface area (Å²) in [5.74, 6) is -0.0894. The molecule has 0 aromatic heterocycles. The lowest BCUT2D eigenvalue weighted by atomic mass is 9.94. The maximum absolute atomic E-state index is 11.9. The van der Waals surface area contributed by atoms with Crippen LogP contribution in [-0.2, 0) is 4.79 Å². The van der Waals surface area contributed by atoms with E-state index in [1.807, 2.05) is 30.3 Å². The van der Waals surface area contributed by atoms with Crippen LogP contribution in [0.3, 0.4) is 0 Å². The van der Waals surface area contributed by atoms with Crippen LogP contribution in [-0.4, -0.2) is 42.1 Å². The number of likely N-dealkylation sites (N-methyl/N-ethyl adjacent to an activating group) is 1. The van der Waals surface area contributed by atoms with Crippen molar-refractivity contribution in [3.05, 3.63) is 35.9 Å². The molecule has 1 saturated carbocycles. The number of aliphatic hydroxyl groups is 1. The molecule has 0 spiro atoms. The van der Waals surface area contributed by atoms with Crippen LogP contribution >= 0.6 is 0 Å². The molecule has 2 N–H and O–H groups in total. The highest BCUT2D eigenvalue weighted by Gasteiger charge is 2.18. The van der Waals surface area contributed by atoms with Crippen LogP contribution < -0.4 is 5.32 Å². The van der Waals surface area contributed by atoms with Gasteiger partial charge in [-0.2, -0.15) is 0 Å². The first kappa shape index (κ1) is 17.0. The average Bonchev–Trinajstić information content (AvgIpc) is 2.56. The van der Waals surface area contributed by atoms with Gasteiger partial charge in [0, 0.05) is 19.1 Å². The summed E-state index contributed by atoms with van der Waals surface area (Å²) in [5.41, 5.74) is 0.789. The van der Waals surface area contributed by atoms with E-state index in [4.69, 9.17) is 0 Å². The normalized spacial score (nSPS) is 17.4. The second kappa shape index (κ2) is 8.91. The molecule has 1 amide bonds. The van der Waals surface area contributed by atoms with Crippen LogP contribution in [0.1, 0.15) is 50.2 Å². The molecule has 1 fully saturated rings. The van der Waals surface area contributed by atoms with Gasteiger partial charge < -0.3 is 15.3 Å². The van der Waals surface area contributed by atoms with Gasteiger partial charge >= 0.3 is 0 Å². The first-order chi connectivity index (χ1) is 10.7. The minimum absolute atomic E-state index is 0.0894. The van der Waals surface area contributed by atoms with E-state index in [-0.39, 0.29) is 12.3 Å². The number of carbonyl (C=O) groups excluding carboxylic acids is 1. The highest BCUT2D eigenvalue weighted by atomic mass is 16.3. The van der Waals surface area contributed by atoms with E-state index in [9.17, 15) is 9.90 Å². The van der Waals surface area contributed by atoms with Crippen molar-refractivity contribution >= 4 is 5.91 Å². The third-order valence-corrected chi connectivity index (χ3v) is 4.55. The van der Waals surface area contributed by atoms with Crippen LogP contribution in [0.2, 0.25) is 0 Å². The molecule has 0 heterocycles. The molecule has 2 rings (SSSR count). The topological polar surface area (TPSA) is 52.6 Å². The molecule has 0 radical (unpaired) electrons. The summed E-state index contributed by atoms with van der Waals surface area (Å²) >= 11 is 0. The summed E-state index contributed by atoms with van der Waals surface area (Å²) in [6.07, 6.45) is 5.96. The molecular weight excluding hydrogens is 276 g/mol. The van der Waals surface area contributed by atoms with Gasteiger partial charge in [0.25, 0.3) is 0 Å². The number of benzene rings is 1. The Morgan fingerprint density at radius 3 is 2.64 bits per heavy atom. The Kier molecular flexibility index (Phi) is 6.87. The van der Waals surface area contributed by atoms with Gasteiger partial charge in [-0.15, -0.1) is 0 Å². The Hall–Kier alpha value is -1.39. The fourth-order valence-electron chi connectivity index (χ4n) is 3.12. The SMILES string of the molecule is CN(CCNC(=O)CC(O)c1ccccc1)C1CCCCC1. The minimum Gasteiger partial charge on any atom is -0.388 e. The van der Waals surface area contributed by atoms with Gasteiger partial charge in [0.2, 0.25) is 5.91 Å². The Labute approximate surface area is 133 Å². The van der Waals surface area contributed by atoms with Crippen LogP contribution in [0, 0.1) is 0 Å². The quantitative estimate of drug-likeness (QED) is 0.814. The first-order valence-electron chi connectivity index (χ1n) is 8.37. The molecule has 1 atom stereocenters. The van der Waals surface area contributed by atoms with Crippen molar-refractivity contribution in [2.45, 2.75) is 50.7 Å². The van der Waals surface area contributed by atoms with E-state index >= 15 is 0 Å². The van der Waals surface area contributed by atoms with Crippen molar-refractivity contribution in [2.75, 3.05) is 20.1 Å². The van der Waals surface area contributed by atoms with E-state index in [1.165, 1.54) is 32.1 Å². The Morgan fingerprint density at radius 2 is 1.95 bits per heavy atom. The van der Waals surface area contributed by atoms with Crippen LogP contribution in [0.5, 0.6) is 0 Å². The number of rotatable bonds is 7. The van der Waals surface area contributed by atoms with Crippen molar-refractivity contribution in [2.24, 2.45) is 0 Å². The second-order valence-electron chi connectivity index (χ2n) is 6.25. The van der Waals surface area contributed by atoms with Crippen molar-refractivity contribution in [1.82, 2.24) is 10.2 Å². The van der Waals surface area contributed by atoms with E-state index < -0.39 is 6.10 Å². The molecule has 1 aliphatic rings. The van der Waals surface area contributed by atoms with Gasteiger partial charge in [0.15, 0.2) is 0 Å². The monoisotopic (exact) mass is 304 g/mol. The Morgan fingerprint density at radius 1 is 1.27 bits per heavy atom. The highest BCUT2D eigenvalue weighted by Crippen LogP contribution is 2.21. The molecule has 1 aliphatic carbocycles. The lowest BCUT2D eigenvalue weighted by Crippen LogP contribution is -2.39. The molecule has 122 valence electrons. The zero-order valence-electron chi connectivity index (χ0n) is 13.5. The summed E-state index contributed by atoms with van der Waals surface area (Å²) in [7, 11) is 2.14. The number of hydrogen-bond acceptors (Lipinski definition) is 3. The first-order valence-corrected chi connectivity index (χ1v) is 8.37. The third kappa shape index (κ3) is 5.43. The summed E-state index contributed by atoms with van der Waals surface area (Å²) in [4.78, 5) is 14.2. The standard InChI is InChI=1S/C18H28N2O2/c1-20(16-10-6-3-7-11-16)13-12-19-18(22)14-17(21)15-8-4-2-5-9-15/h2,4-5,8-9,16-17,21H,3,6-7,10-14H2,1H3,(H,19,22). The highest BCUT2D eigenvalue weighted by molar-refractivity contribution is 5.76. The molecule has 0 bridgehead atoms. The van der Waals surface area contributed by atoms with Gasteiger partial charge in [-0.3, -0.25) is 4.79 Å². The molecule has 22 heavy (non-hydrogen) atoms. The van der Waals surface area contributed by atoms with Crippen LogP contribution in [0.15, 0.2) is 30.3 Å². The molecule has 4 nitrogen and oxygen atoms in total. The van der Waals surface area contributed by atoms with Crippen molar-refractivity contribution in [1.29, 1.82) is 0 Å². The summed E-state index contributed by atoms with van der Waals surface area (Å²) < 4.78 is 0. The minimum atomic E-state index is -0.725. The van der Waals surface area contributed by atoms with Crippen molar-refractivity contribution in [3.63, 3.8) is 0 Å². The fraction of sp³-hybridized carbons (Fsp3) is 0.611. The number of nitrogens with one attached hydrogen (secondary N) is 1. The van der Waals surface area contributed by atoms with E-state index in [0.29, 0.717) is 12.6 Å². The van der Waals surface area contributed by atoms with Gasteiger partial charge in [-0.1, -0.05) is 49.6 Å². The van der Waals surface area contributed by atoms with Crippen LogP contribution in [0.25, 0.3) is 0 Å². The molecule has 1 aromatic carbocycles. The lowest BCUT2D eigenvalue weighted by Gasteiger charge is -2.31. The van der Waals surface area contributed by atoms with Crippen molar-refractivity contribution < 1.29 is 9.90 Å². The van der Waals surface area contributed by atoms with Gasteiger partial charge in [0.05, 0.1) is 12.5 Å². The number of nitrogens with zero attached hydrogens (tertiary/aromatic N) is 1. The van der Waals surface area contributed by atoms with Gasteiger partial charge in [-0.05, 0) is 25.5 Å². The van der Waals surface area contributed by atoms with E-state index in [0.717, 1.165) is 12.1 Å². The third-order valence-electron chi connectivity index (χ3n) is 4.55. The Bertz CT molecular complexity index is 444. The summed E-state index contributed by atoms with van der Waals surface area (Å²) in [6, 6.07) is 9.99. The molecule has 4 heteroatoms. The van der Waals surface area contributed by atoms with E-state index in [2.05, 4.69) is 17.3 Å². The predicted molar refractivity (Wildman–Crippen MR) is 88.5 cm³/mol. The zero-order valence-corrected chi connectivity index (χ0v) is 13.5. The van der Waals surface area contributed by atoms with Gasteiger partial charge in [0.1, 0.15) is 0 Å². The number of carbonyl (C=O) groups is 1. The van der Waals surface area contributed by atoms with E-state index in [1.54, 1.807) is 0 Å². The maximum Gasteiger partial charge on any atom is 0.223 e. The molecule has 0 saturated heterocycles. The largest absolute Gasteiger partial charge is 0.388 e. The number of amides is 1. The molecular formula is C18H28N2O2. The summed E-state index contributed by atoms with van der Waals surface area (Å²) in [5, 5.41) is 12.9. The van der Waals surface area contributed by atoms with Gasteiger partial charge in [-0.25, -0.2) is 0 Å². The number of aliphatic hydroxyl groups excluding tert-OH is 1. The average molecular weight is 304 g/mol. The molecule has 1 aromatic rings. The lowest BCUT2D eigenvalue weighted by molar-refractivity contribution is -0.123.